The molecule has 0 amide bonds. The lowest BCUT2D eigenvalue weighted by Crippen LogP contribution is -1.96. The summed E-state index contributed by atoms with van der Waals surface area (Å²) in [5, 5.41) is 0. The second-order valence-electron chi connectivity index (χ2n) is 2.44. The quantitative estimate of drug-likeness (QED) is 0.750. The van der Waals surface area contributed by atoms with Crippen molar-refractivity contribution in [1.82, 2.24) is 0 Å². The van der Waals surface area contributed by atoms with Crippen LogP contribution in [0, 0.1) is 0 Å². The molecule has 0 saturated heterocycles. The highest BCUT2D eigenvalue weighted by Gasteiger charge is 2.03. The first kappa shape index (κ1) is 9.74. The summed E-state index contributed by atoms with van der Waals surface area (Å²) < 4.78 is 16.5. The van der Waals surface area contributed by atoms with Crippen molar-refractivity contribution in [3.63, 3.8) is 0 Å². The van der Waals surface area contributed by atoms with Crippen molar-refractivity contribution in [2.75, 3.05) is 13.3 Å². The van der Waals surface area contributed by atoms with E-state index in [4.69, 9.17) is 0 Å². The lowest BCUT2D eigenvalue weighted by Gasteiger charge is -2.02. The molecular weight excluding hydrogens is 238 g/mol. The van der Waals surface area contributed by atoms with Gasteiger partial charge < -0.3 is 0 Å². The van der Waals surface area contributed by atoms with Crippen LogP contribution in [-0.4, -0.2) is 17.5 Å². The van der Waals surface area contributed by atoms with E-state index in [0.29, 0.717) is 0 Å². The monoisotopic (exact) mass is 247 g/mol. The fraction of sp³-hybridized carbons (Fsp3) is 0.250. The molecular formula is C8H10BrNOS. The molecule has 1 aromatic rings. The Bertz CT molecular complexity index is 394. The lowest BCUT2D eigenvalue weighted by molar-refractivity contribution is 0.680. The third-order valence-electron chi connectivity index (χ3n) is 1.58. The summed E-state index contributed by atoms with van der Waals surface area (Å²) in [4.78, 5) is 0.763. The fourth-order valence-corrected chi connectivity index (χ4v) is 2.25. The van der Waals surface area contributed by atoms with E-state index in [1.54, 1.807) is 13.3 Å². The van der Waals surface area contributed by atoms with Crippen molar-refractivity contribution in [1.29, 1.82) is 0 Å². The smallest absolute Gasteiger partial charge is 0.0720 e. The maximum absolute atomic E-state index is 11.7. The largest absolute Gasteiger partial charge is 0.245 e. The topological polar surface area (TPSA) is 29.4 Å². The Balaban J connectivity index is 3.31. The van der Waals surface area contributed by atoms with Gasteiger partial charge in [-0.3, -0.25) is 0 Å². The Morgan fingerprint density at radius 1 is 1.50 bits per heavy atom. The summed E-state index contributed by atoms with van der Waals surface area (Å²) in [6.07, 6.45) is 1.63. The number of hydrogen-bond donors (Lipinski definition) is 0. The molecule has 0 aromatic heterocycles. The SMILES string of the molecule is CN=[S@@](C)(=O)c1cccc(Br)c1. The minimum Gasteiger partial charge on any atom is -0.245 e. The van der Waals surface area contributed by atoms with E-state index >= 15 is 0 Å². The van der Waals surface area contributed by atoms with E-state index in [0.717, 1.165) is 9.37 Å². The van der Waals surface area contributed by atoms with Gasteiger partial charge in [-0.05, 0) is 18.2 Å². The van der Waals surface area contributed by atoms with Gasteiger partial charge in [0.25, 0.3) is 0 Å². The first-order chi connectivity index (χ1) is 5.56. The maximum Gasteiger partial charge on any atom is 0.0720 e. The van der Waals surface area contributed by atoms with E-state index in [1.165, 1.54) is 0 Å². The normalized spacial score (nSPS) is 15.2. The summed E-state index contributed by atoms with van der Waals surface area (Å²) in [6, 6.07) is 7.40. The third kappa shape index (κ3) is 2.08. The van der Waals surface area contributed by atoms with Crippen LogP contribution in [-0.2, 0) is 9.73 Å². The van der Waals surface area contributed by atoms with Gasteiger partial charge in [0.1, 0.15) is 0 Å². The van der Waals surface area contributed by atoms with E-state index in [-0.39, 0.29) is 0 Å². The van der Waals surface area contributed by atoms with Crippen molar-refractivity contribution < 1.29 is 4.21 Å². The Hall–Kier alpha value is -0.350. The van der Waals surface area contributed by atoms with Crippen LogP contribution in [0.5, 0.6) is 0 Å². The minimum atomic E-state index is -2.18. The van der Waals surface area contributed by atoms with Crippen LogP contribution in [0.1, 0.15) is 0 Å². The number of halogens is 1. The highest BCUT2D eigenvalue weighted by molar-refractivity contribution is 9.10. The molecule has 0 spiro atoms. The number of hydrogen-bond acceptors (Lipinski definition) is 2. The molecule has 2 nitrogen and oxygen atoms in total. The lowest BCUT2D eigenvalue weighted by atomic mass is 10.4. The van der Waals surface area contributed by atoms with E-state index in [9.17, 15) is 4.21 Å². The molecule has 0 saturated carbocycles. The summed E-state index contributed by atoms with van der Waals surface area (Å²) in [6.45, 7) is 0. The van der Waals surface area contributed by atoms with Crippen molar-refractivity contribution >= 4 is 25.7 Å². The molecule has 1 aromatic carbocycles. The first-order valence-electron chi connectivity index (χ1n) is 3.42. The zero-order chi connectivity index (χ0) is 9.19. The Morgan fingerprint density at radius 2 is 2.17 bits per heavy atom. The summed E-state index contributed by atoms with van der Waals surface area (Å²) in [5.41, 5.74) is 0. The molecule has 4 heteroatoms. The fourth-order valence-electron chi connectivity index (χ4n) is 0.808. The molecule has 0 bridgehead atoms. The second kappa shape index (κ2) is 3.58. The van der Waals surface area contributed by atoms with Gasteiger partial charge in [0.15, 0.2) is 0 Å². The molecule has 0 aliphatic rings. The van der Waals surface area contributed by atoms with Crippen LogP contribution < -0.4 is 0 Å². The molecule has 0 aliphatic carbocycles. The van der Waals surface area contributed by atoms with Gasteiger partial charge >= 0.3 is 0 Å². The number of rotatable bonds is 1. The van der Waals surface area contributed by atoms with Crippen LogP contribution in [0.2, 0.25) is 0 Å². The molecule has 1 rings (SSSR count). The Morgan fingerprint density at radius 3 is 2.67 bits per heavy atom. The Kier molecular flexibility index (Phi) is 2.90. The zero-order valence-electron chi connectivity index (χ0n) is 6.95. The van der Waals surface area contributed by atoms with Crippen LogP contribution in [0.3, 0.4) is 0 Å². The minimum absolute atomic E-state index is 0.763. The van der Waals surface area contributed by atoms with E-state index < -0.39 is 9.73 Å². The van der Waals surface area contributed by atoms with Crippen molar-refractivity contribution in [2.45, 2.75) is 4.90 Å². The van der Waals surface area contributed by atoms with Crippen molar-refractivity contribution in [3.05, 3.63) is 28.7 Å². The van der Waals surface area contributed by atoms with Gasteiger partial charge in [-0.1, -0.05) is 22.0 Å². The van der Waals surface area contributed by atoms with Crippen LogP contribution >= 0.6 is 15.9 Å². The number of benzene rings is 1. The predicted molar refractivity (Wildman–Crippen MR) is 54.8 cm³/mol. The molecule has 0 aliphatic heterocycles. The van der Waals surface area contributed by atoms with Crippen LogP contribution in [0.25, 0.3) is 0 Å². The van der Waals surface area contributed by atoms with E-state index in [2.05, 4.69) is 20.3 Å². The van der Waals surface area contributed by atoms with Crippen LogP contribution in [0.15, 0.2) is 38.0 Å². The van der Waals surface area contributed by atoms with E-state index in [1.807, 2.05) is 24.3 Å². The van der Waals surface area contributed by atoms with Crippen molar-refractivity contribution in [3.8, 4) is 0 Å². The van der Waals surface area contributed by atoms with Gasteiger partial charge in [-0.25, -0.2) is 8.57 Å². The van der Waals surface area contributed by atoms with Gasteiger partial charge in [0.05, 0.1) is 9.73 Å². The molecule has 0 N–H and O–H groups in total. The molecule has 0 radical (unpaired) electrons. The molecule has 66 valence electrons. The standard InChI is InChI=1S/C8H10BrNOS/c1-10-12(2,11)8-5-3-4-7(9)6-8/h3-6H,1-2H3/t12-/m0/s1. The van der Waals surface area contributed by atoms with Gasteiger partial charge in [-0.2, -0.15) is 0 Å². The third-order valence-corrected chi connectivity index (χ3v) is 3.90. The van der Waals surface area contributed by atoms with Gasteiger partial charge in [-0.15, -0.1) is 0 Å². The molecule has 12 heavy (non-hydrogen) atoms. The highest BCUT2D eigenvalue weighted by atomic mass is 79.9. The summed E-state index contributed by atoms with van der Waals surface area (Å²) in [7, 11) is -0.603. The molecule has 1 atom stereocenters. The molecule has 0 heterocycles. The zero-order valence-corrected chi connectivity index (χ0v) is 9.35. The van der Waals surface area contributed by atoms with Crippen LogP contribution in [0.4, 0.5) is 0 Å². The summed E-state index contributed by atoms with van der Waals surface area (Å²) in [5.74, 6) is 0. The average Bonchev–Trinajstić information content (AvgIpc) is 2.05. The second-order valence-corrected chi connectivity index (χ2v) is 5.80. The molecule has 0 unspecified atom stereocenters. The Labute approximate surface area is 81.3 Å². The maximum atomic E-state index is 11.7. The number of nitrogens with zero attached hydrogens (tertiary/aromatic N) is 1. The predicted octanol–water partition coefficient (Wildman–Crippen LogP) is 2.54. The summed E-state index contributed by atoms with van der Waals surface area (Å²) >= 11 is 3.32. The van der Waals surface area contributed by atoms with Crippen molar-refractivity contribution in [2.24, 2.45) is 4.36 Å². The van der Waals surface area contributed by atoms with Gasteiger partial charge in [0, 0.05) is 22.7 Å². The highest BCUT2D eigenvalue weighted by Crippen LogP contribution is 2.16. The van der Waals surface area contributed by atoms with Gasteiger partial charge in [0.2, 0.25) is 0 Å². The average molecular weight is 248 g/mol. The molecule has 0 fully saturated rings. The first-order valence-corrected chi connectivity index (χ1v) is 6.14.